The van der Waals surface area contributed by atoms with Crippen molar-refractivity contribution >= 4 is 12.4 Å². The maximum Gasteiger partial charge on any atom is 0.00530 e. The van der Waals surface area contributed by atoms with Gasteiger partial charge < -0.3 is 4.90 Å². The molecular formula is C19H22ClN. The second kappa shape index (κ2) is 6.21. The third-order valence-electron chi connectivity index (χ3n) is 5.08. The molecule has 3 heterocycles. The third kappa shape index (κ3) is 2.86. The Balaban J connectivity index is 0.00000132. The van der Waals surface area contributed by atoms with Crippen molar-refractivity contribution in [1.82, 2.24) is 4.90 Å². The van der Waals surface area contributed by atoms with Crippen molar-refractivity contribution in [2.45, 2.75) is 18.8 Å². The number of hydrogen-bond acceptors (Lipinski definition) is 1. The summed E-state index contributed by atoms with van der Waals surface area (Å²) in [5.41, 5.74) is 4.23. The molecule has 110 valence electrons. The summed E-state index contributed by atoms with van der Waals surface area (Å²) in [6, 6.07) is 20.0. The van der Waals surface area contributed by atoms with Crippen LogP contribution < -0.4 is 0 Å². The van der Waals surface area contributed by atoms with Gasteiger partial charge in [0.25, 0.3) is 0 Å². The highest BCUT2D eigenvalue weighted by atomic mass is 35.5. The molecule has 0 amide bonds. The first-order chi connectivity index (χ1) is 9.90. The van der Waals surface area contributed by atoms with Crippen molar-refractivity contribution in [3.63, 3.8) is 0 Å². The summed E-state index contributed by atoms with van der Waals surface area (Å²) in [7, 11) is 0. The van der Waals surface area contributed by atoms with Gasteiger partial charge in [-0.25, -0.2) is 0 Å². The van der Waals surface area contributed by atoms with Crippen LogP contribution in [0.25, 0.3) is 11.1 Å². The van der Waals surface area contributed by atoms with Gasteiger partial charge in [0.1, 0.15) is 0 Å². The highest BCUT2D eigenvalue weighted by molar-refractivity contribution is 5.85. The summed E-state index contributed by atoms with van der Waals surface area (Å²) < 4.78 is 0. The van der Waals surface area contributed by atoms with Gasteiger partial charge >= 0.3 is 0 Å². The topological polar surface area (TPSA) is 3.24 Å². The van der Waals surface area contributed by atoms with E-state index < -0.39 is 0 Å². The molecule has 1 unspecified atom stereocenters. The molecule has 3 aliphatic heterocycles. The molecule has 3 aliphatic rings. The zero-order chi connectivity index (χ0) is 13.4. The van der Waals surface area contributed by atoms with Gasteiger partial charge in [-0.1, -0.05) is 54.6 Å². The van der Waals surface area contributed by atoms with Gasteiger partial charge in [-0.05, 0) is 54.5 Å². The Labute approximate surface area is 133 Å². The van der Waals surface area contributed by atoms with Crippen molar-refractivity contribution < 1.29 is 0 Å². The van der Waals surface area contributed by atoms with Crippen LogP contribution in [0, 0.1) is 5.92 Å². The third-order valence-corrected chi connectivity index (χ3v) is 5.08. The van der Waals surface area contributed by atoms with E-state index in [1.54, 1.807) is 5.56 Å². The molecule has 2 heteroatoms. The first-order valence-electron chi connectivity index (χ1n) is 7.78. The summed E-state index contributed by atoms with van der Waals surface area (Å²) in [5.74, 6) is 1.66. The lowest BCUT2D eigenvalue weighted by Gasteiger charge is -2.45. The van der Waals surface area contributed by atoms with Crippen LogP contribution in [-0.4, -0.2) is 24.5 Å². The molecule has 2 aromatic carbocycles. The van der Waals surface area contributed by atoms with Crippen molar-refractivity contribution in [2.75, 3.05) is 19.6 Å². The Hall–Kier alpha value is -1.31. The fraction of sp³-hybridized carbons (Fsp3) is 0.368. The summed E-state index contributed by atoms with van der Waals surface area (Å²) in [6.45, 7) is 3.90. The second-order valence-corrected chi connectivity index (χ2v) is 6.24. The van der Waals surface area contributed by atoms with E-state index in [9.17, 15) is 0 Å². The Bertz CT molecular complexity index is 588. The van der Waals surface area contributed by atoms with Crippen LogP contribution in [0.15, 0.2) is 54.6 Å². The molecule has 0 N–H and O–H groups in total. The SMILES string of the molecule is Cl.c1ccc(-c2cccc(C3CN4CCC3CC4)c2)cc1. The molecule has 5 rings (SSSR count). The van der Waals surface area contributed by atoms with E-state index in [-0.39, 0.29) is 12.4 Å². The van der Waals surface area contributed by atoms with Crippen LogP contribution in [0.4, 0.5) is 0 Å². The Morgan fingerprint density at radius 2 is 1.52 bits per heavy atom. The summed E-state index contributed by atoms with van der Waals surface area (Å²) in [6.07, 6.45) is 2.78. The van der Waals surface area contributed by atoms with Crippen LogP contribution in [0.5, 0.6) is 0 Å². The standard InChI is InChI=1S/C19H21N.ClH/c1-2-5-15(6-3-1)17-7-4-8-18(13-17)19-14-20-11-9-16(19)10-12-20;/h1-8,13,16,19H,9-12,14H2;1H. The monoisotopic (exact) mass is 299 g/mol. The molecule has 0 aliphatic carbocycles. The fourth-order valence-corrected chi connectivity index (χ4v) is 3.92. The molecule has 0 spiro atoms. The first-order valence-corrected chi connectivity index (χ1v) is 7.78. The van der Waals surface area contributed by atoms with E-state index in [1.165, 1.54) is 43.6 Å². The highest BCUT2D eigenvalue weighted by Gasteiger charge is 2.34. The number of fused-ring (bicyclic) bond motifs is 3. The molecule has 1 atom stereocenters. The van der Waals surface area contributed by atoms with Crippen LogP contribution in [0.3, 0.4) is 0 Å². The zero-order valence-corrected chi connectivity index (χ0v) is 13.1. The van der Waals surface area contributed by atoms with E-state index in [0.29, 0.717) is 0 Å². The number of benzene rings is 2. The quantitative estimate of drug-likeness (QED) is 0.784. The number of halogens is 1. The second-order valence-electron chi connectivity index (χ2n) is 6.24. The van der Waals surface area contributed by atoms with E-state index >= 15 is 0 Å². The minimum Gasteiger partial charge on any atom is -0.303 e. The lowest BCUT2D eigenvalue weighted by atomic mass is 9.75. The number of nitrogens with zero attached hydrogens (tertiary/aromatic N) is 1. The van der Waals surface area contributed by atoms with E-state index in [4.69, 9.17) is 0 Å². The molecule has 2 bridgehead atoms. The van der Waals surface area contributed by atoms with Gasteiger partial charge in [0.2, 0.25) is 0 Å². The molecule has 3 fully saturated rings. The van der Waals surface area contributed by atoms with E-state index in [0.717, 1.165) is 11.8 Å². The average Bonchev–Trinajstić information content (AvgIpc) is 2.57. The molecule has 0 radical (unpaired) electrons. The normalized spacial score (nSPS) is 27.1. The molecule has 1 nitrogen and oxygen atoms in total. The van der Waals surface area contributed by atoms with Crippen molar-refractivity contribution in [1.29, 1.82) is 0 Å². The number of piperidine rings is 3. The lowest BCUT2D eigenvalue weighted by molar-refractivity contribution is 0.0871. The summed E-state index contributed by atoms with van der Waals surface area (Å²) in [4.78, 5) is 2.64. The van der Waals surface area contributed by atoms with E-state index in [1.807, 2.05) is 0 Å². The molecular weight excluding hydrogens is 278 g/mol. The summed E-state index contributed by atoms with van der Waals surface area (Å²) in [5, 5.41) is 0. The van der Waals surface area contributed by atoms with Crippen LogP contribution >= 0.6 is 12.4 Å². The largest absolute Gasteiger partial charge is 0.303 e. The number of rotatable bonds is 2. The van der Waals surface area contributed by atoms with E-state index in [2.05, 4.69) is 59.5 Å². The van der Waals surface area contributed by atoms with Crippen molar-refractivity contribution in [3.8, 4) is 11.1 Å². The molecule has 21 heavy (non-hydrogen) atoms. The maximum absolute atomic E-state index is 2.64. The summed E-state index contributed by atoms with van der Waals surface area (Å²) >= 11 is 0. The van der Waals surface area contributed by atoms with Gasteiger partial charge in [-0.2, -0.15) is 0 Å². The first kappa shape index (κ1) is 14.6. The Kier molecular flexibility index (Phi) is 4.32. The molecule has 0 saturated carbocycles. The van der Waals surface area contributed by atoms with Crippen LogP contribution in [0.1, 0.15) is 24.3 Å². The predicted molar refractivity (Wildman–Crippen MR) is 91.0 cm³/mol. The molecule has 0 aromatic heterocycles. The Morgan fingerprint density at radius 1 is 0.810 bits per heavy atom. The van der Waals surface area contributed by atoms with Gasteiger partial charge in [0.15, 0.2) is 0 Å². The van der Waals surface area contributed by atoms with Gasteiger partial charge in [0.05, 0.1) is 0 Å². The van der Waals surface area contributed by atoms with Gasteiger partial charge in [0, 0.05) is 6.54 Å². The van der Waals surface area contributed by atoms with Crippen molar-refractivity contribution in [3.05, 3.63) is 60.2 Å². The fourth-order valence-electron chi connectivity index (χ4n) is 3.92. The van der Waals surface area contributed by atoms with Gasteiger partial charge in [-0.3, -0.25) is 0 Å². The number of hydrogen-bond donors (Lipinski definition) is 0. The maximum atomic E-state index is 2.64. The predicted octanol–water partition coefficient (Wildman–Crippen LogP) is 4.58. The minimum atomic E-state index is 0. The molecule has 3 saturated heterocycles. The smallest absolute Gasteiger partial charge is 0.00530 e. The van der Waals surface area contributed by atoms with Crippen LogP contribution in [0.2, 0.25) is 0 Å². The van der Waals surface area contributed by atoms with Gasteiger partial charge in [-0.15, -0.1) is 12.4 Å². The lowest BCUT2D eigenvalue weighted by Crippen LogP contribution is -2.46. The Morgan fingerprint density at radius 3 is 2.19 bits per heavy atom. The van der Waals surface area contributed by atoms with Crippen LogP contribution in [-0.2, 0) is 0 Å². The average molecular weight is 300 g/mol. The zero-order valence-electron chi connectivity index (χ0n) is 12.2. The van der Waals surface area contributed by atoms with Crippen molar-refractivity contribution in [2.24, 2.45) is 5.92 Å². The molecule has 2 aromatic rings. The minimum absolute atomic E-state index is 0. The highest BCUT2D eigenvalue weighted by Crippen LogP contribution is 2.39.